The summed E-state index contributed by atoms with van der Waals surface area (Å²) in [5.41, 5.74) is -0.126. The Morgan fingerprint density at radius 2 is 1.92 bits per heavy atom. The van der Waals surface area contributed by atoms with E-state index in [1.165, 1.54) is 12.1 Å². The summed E-state index contributed by atoms with van der Waals surface area (Å²) >= 11 is 0. The Hall–Kier alpha value is -3.23. The Labute approximate surface area is 220 Å². The number of hydrogen-bond donors (Lipinski definition) is 1. The van der Waals surface area contributed by atoms with Gasteiger partial charge in [0.15, 0.2) is 11.5 Å². The summed E-state index contributed by atoms with van der Waals surface area (Å²) < 4.78 is 50.4. The van der Waals surface area contributed by atoms with E-state index in [0.29, 0.717) is 54.8 Å². The molecule has 3 fully saturated rings. The molecule has 5 rings (SSSR count). The molecule has 0 aromatic heterocycles. The molecule has 2 saturated carbocycles. The highest BCUT2D eigenvalue weighted by molar-refractivity contribution is 5.95. The second-order valence-electron chi connectivity index (χ2n) is 10.9. The summed E-state index contributed by atoms with van der Waals surface area (Å²) in [6, 6.07) is 10.1. The van der Waals surface area contributed by atoms with Gasteiger partial charge in [-0.15, -0.1) is 0 Å². The maximum absolute atomic E-state index is 13.5. The van der Waals surface area contributed by atoms with E-state index in [4.69, 9.17) is 9.47 Å². The van der Waals surface area contributed by atoms with Crippen molar-refractivity contribution in [2.45, 2.75) is 44.7 Å². The number of methoxy groups -OCH3 is 1. The average Bonchev–Trinajstić information content (AvgIpc) is 3.54. The van der Waals surface area contributed by atoms with E-state index < -0.39 is 11.7 Å². The number of carbonyl (C=O) groups excluding carboxylic acids is 2. The fourth-order valence-corrected chi connectivity index (χ4v) is 5.84. The van der Waals surface area contributed by atoms with Gasteiger partial charge in [0.05, 0.1) is 25.7 Å². The van der Waals surface area contributed by atoms with Crippen LogP contribution in [-0.2, 0) is 17.4 Å². The molecule has 0 radical (unpaired) electrons. The van der Waals surface area contributed by atoms with Gasteiger partial charge in [-0.2, -0.15) is 13.2 Å². The first-order chi connectivity index (χ1) is 18.2. The standard InChI is InChI=1S/C29H33F3N2O4/c1-37-24-10-9-21(14-25(24)38-16-19-7-8-19)27(36)34-15-23-6-3-11-28(23,18-34)17-33-26(35)13-20-4-2-5-22(12-20)29(30,31)32/h2,4-5,9-10,12,14,19,23H,3,6-8,11,13,15-18H2,1H3,(H,33,35)/t23-,28-/m0/s1. The zero-order valence-corrected chi connectivity index (χ0v) is 21.5. The molecule has 0 unspecified atom stereocenters. The molecule has 6 nitrogen and oxygen atoms in total. The maximum Gasteiger partial charge on any atom is 0.416 e. The van der Waals surface area contributed by atoms with Crippen molar-refractivity contribution in [3.05, 3.63) is 59.2 Å². The first-order valence-corrected chi connectivity index (χ1v) is 13.2. The van der Waals surface area contributed by atoms with Crippen molar-refractivity contribution in [2.24, 2.45) is 17.3 Å². The fourth-order valence-electron chi connectivity index (χ4n) is 5.84. The number of rotatable bonds is 9. The quantitative estimate of drug-likeness (QED) is 0.490. The van der Waals surface area contributed by atoms with Crippen molar-refractivity contribution >= 4 is 11.8 Å². The molecule has 2 atom stereocenters. The molecule has 204 valence electrons. The van der Waals surface area contributed by atoms with E-state index in [1.807, 2.05) is 4.90 Å². The molecule has 0 bridgehead atoms. The Morgan fingerprint density at radius 1 is 1.11 bits per heavy atom. The number of benzene rings is 2. The number of fused-ring (bicyclic) bond motifs is 1. The normalized spacial score (nSPS) is 22.7. The van der Waals surface area contributed by atoms with Crippen LogP contribution in [0.2, 0.25) is 0 Å². The van der Waals surface area contributed by atoms with E-state index in [0.717, 1.165) is 44.2 Å². The molecular weight excluding hydrogens is 497 g/mol. The predicted octanol–water partition coefficient (Wildman–Crippen LogP) is 5.10. The third-order valence-electron chi connectivity index (χ3n) is 8.17. The van der Waals surface area contributed by atoms with E-state index in [9.17, 15) is 22.8 Å². The Kier molecular flexibility index (Phi) is 7.29. The molecule has 1 aliphatic heterocycles. The third kappa shape index (κ3) is 5.76. The molecule has 1 saturated heterocycles. The lowest BCUT2D eigenvalue weighted by atomic mass is 9.80. The SMILES string of the molecule is COc1ccc(C(=O)N2C[C@@H]3CCC[C@]3(CNC(=O)Cc3cccc(C(F)(F)F)c3)C2)cc1OCC1CC1. The van der Waals surface area contributed by atoms with Gasteiger partial charge in [-0.05, 0) is 67.3 Å². The molecule has 2 aromatic rings. The maximum atomic E-state index is 13.5. The lowest BCUT2D eigenvalue weighted by Gasteiger charge is -2.29. The van der Waals surface area contributed by atoms with E-state index in [-0.39, 0.29) is 29.6 Å². The van der Waals surface area contributed by atoms with Gasteiger partial charge in [0.2, 0.25) is 5.91 Å². The Bertz CT molecular complexity index is 1200. The number of alkyl halides is 3. The lowest BCUT2D eigenvalue weighted by Crippen LogP contribution is -2.41. The molecule has 1 heterocycles. The van der Waals surface area contributed by atoms with Crippen LogP contribution in [0.3, 0.4) is 0 Å². The topological polar surface area (TPSA) is 67.9 Å². The predicted molar refractivity (Wildman–Crippen MR) is 135 cm³/mol. The van der Waals surface area contributed by atoms with Crippen molar-refractivity contribution in [3.8, 4) is 11.5 Å². The van der Waals surface area contributed by atoms with Crippen LogP contribution in [-0.4, -0.2) is 50.1 Å². The van der Waals surface area contributed by atoms with E-state index >= 15 is 0 Å². The van der Waals surface area contributed by atoms with Gasteiger partial charge < -0.3 is 19.7 Å². The lowest BCUT2D eigenvalue weighted by molar-refractivity contribution is -0.137. The van der Waals surface area contributed by atoms with Crippen LogP contribution in [0.5, 0.6) is 11.5 Å². The minimum atomic E-state index is -4.45. The summed E-state index contributed by atoms with van der Waals surface area (Å²) in [5, 5.41) is 2.96. The summed E-state index contributed by atoms with van der Waals surface area (Å²) in [6.45, 7) is 2.16. The first-order valence-electron chi connectivity index (χ1n) is 13.2. The van der Waals surface area contributed by atoms with Gasteiger partial charge in [0.1, 0.15) is 0 Å². The number of likely N-dealkylation sites (tertiary alicyclic amines) is 1. The first kappa shape index (κ1) is 26.4. The molecule has 2 aromatic carbocycles. The van der Waals surface area contributed by atoms with Gasteiger partial charge in [-0.3, -0.25) is 9.59 Å². The van der Waals surface area contributed by atoms with E-state index in [2.05, 4.69) is 5.32 Å². The number of halogens is 3. The van der Waals surface area contributed by atoms with Crippen LogP contribution in [0.1, 0.15) is 53.6 Å². The fraction of sp³-hybridized carbons (Fsp3) is 0.517. The number of nitrogens with zero attached hydrogens (tertiary/aromatic N) is 1. The van der Waals surface area contributed by atoms with Crippen LogP contribution >= 0.6 is 0 Å². The molecule has 1 N–H and O–H groups in total. The van der Waals surface area contributed by atoms with Gasteiger partial charge in [0.25, 0.3) is 5.91 Å². The molecule has 2 amide bonds. The van der Waals surface area contributed by atoms with Gasteiger partial charge in [0, 0.05) is 30.6 Å². The molecular formula is C29H33F3N2O4. The molecule has 2 aliphatic carbocycles. The summed E-state index contributed by atoms with van der Waals surface area (Å²) in [4.78, 5) is 28.0. The van der Waals surface area contributed by atoms with Crippen LogP contribution in [0, 0.1) is 17.3 Å². The molecule has 38 heavy (non-hydrogen) atoms. The van der Waals surface area contributed by atoms with Crippen LogP contribution in [0.25, 0.3) is 0 Å². The third-order valence-corrected chi connectivity index (χ3v) is 8.17. The minimum Gasteiger partial charge on any atom is -0.493 e. The highest BCUT2D eigenvalue weighted by Gasteiger charge is 2.50. The summed E-state index contributed by atoms with van der Waals surface area (Å²) in [5.74, 6) is 1.61. The van der Waals surface area contributed by atoms with Crippen LogP contribution in [0.15, 0.2) is 42.5 Å². The summed E-state index contributed by atoms with van der Waals surface area (Å²) in [6.07, 6.45) is 0.648. The van der Waals surface area contributed by atoms with E-state index in [1.54, 1.807) is 25.3 Å². The number of nitrogens with one attached hydrogen (secondary N) is 1. The van der Waals surface area contributed by atoms with Crippen molar-refractivity contribution in [1.29, 1.82) is 0 Å². The zero-order chi connectivity index (χ0) is 26.9. The van der Waals surface area contributed by atoms with Crippen LogP contribution in [0.4, 0.5) is 13.2 Å². The number of amides is 2. The number of hydrogen-bond acceptors (Lipinski definition) is 4. The Balaban J connectivity index is 1.22. The highest BCUT2D eigenvalue weighted by Crippen LogP contribution is 2.48. The second kappa shape index (κ2) is 10.5. The largest absolute Gasteiger partial charge is 0.493 e. The van der Waals surface area contributed by atoms with Gasteiger partial charge in [-0.1, -0.05) is 24.6 Å². The molecule has 0 spiro atoms. The molecule has 3 aliphatic rings. The second-order valence-corrected chi connectivity index (χ2v) is 10.9. The number of ether oxygens (including phenoxy) is 2. The van der Waals surface area contributed by atoms with Gasteiger partial charge in [-0.25, -0.2) is 0 Å². The van der Waals surface area contributed by atoms with Crippen molar-refractivity contribution in [2.75, 3.05) is 33.4 Å². The summed E-state index contributed by atoms with van der Waals surface area (Å²) in [7, 11) is 1.58. The minimum absolute atomic E-state index is 0.0759. The Morgan fingerprint density at radius 3 is 2.66 bits per heavy atom. The molecule has 9 heteroatoms. The monoisotopic (exact) mass is 530 g/mol. The zero-order valence-electron chi connectivity index (χ0n) is 21.5. The average molecular weight is 531 g/mol. The van der Waals surface area contributed by atoms with Crippen molar-refractivity contribution in [3.63, 3.8) is 0 Å². The van der Waals surface area contributed by atoms with Crippen molar-refractivity contribution in [1.82, 2.24) is 10.2 Å². The van der Waals surface area contributed by atoms with Crippen LogP contribution < -0.4 is 14.8 Å². The van der Waals surface area contributed by atoms with Crippen molar-refractivity contribution < 1.29 is 32.2 Å². The smallest absolute Gasteiger partial charge is 0.416 e. The highest BCUT2D eigenvalue weighted by atomic mass is 19.4. The van der Waals surface area contributed by atoms with Gasteiger partial charge >= 0.3 is 6.18 Å². The number of carbonyl (C=O) groups is 2.